The Bertz CT molecular complexity index is 1030. The second-order valence-corrected chi connectivity index (χ2v) is 8.50. The fourth-order valence-electron chi connectivity index (χ4n) is 3.72. The number of carbonyl (C=O) groups is 1. The molecule has 2 heterocycles. The summed E-state index contributed by atoms with van der Waals surface area (Å²) < 4.78 is 14.5. The van der Waals surface area contributed by atoms with Crippen molar-refractivity contribution in [1.29, 1.82) is 0 Å². The molecule has 0 spiro atoms. The predicted octanol–water partition coefficient (Wildman–Crippen LogP) is 3.60. The Morgan fingerprint density at radius 3 is 2.72 bits per heavy atom. The van der Waals surface area contributed by atoms with Crippen LogP contribution in [0.5, 0.6) is 0 Å². The molecular weight excluding hydrogens is 387 g/mol. The Balaban J connectivity index is 1.27. The quantitative estimate of drug-likeness (QED) is 0.696. The zero-order valence-corrected chi connectivity index (χ0v) is 17.6. The summed E-state index contributed by atoms with van der Waals surface area (Å²) in [7, 11) is 0. The Hall–Kier alpha value is -2.51. The Morgan fingerprint density at radius 2 is 1.97 bits per heavy atom. The van der Waals surface area contributed by atoms with Gasteiger partial charge in [0.1, 0.15) is 5.82 Å². The maximum absolute atomic E-state index is 13.2. The average Bonchev–Trinajstić information content (AvgIpc) is 3.13. The molecule has 1 aliphatic heterocycles. The van der Waals surface area contributed by atoms with Crippen molar-refractivity contribution in [1.82, 2.24) is 15.2 Å². The van der Waals surface area contributed by atoms with Crippen LogP contribution in [0, 0.1) is 19.7 Å². The van der Waals surface area contributed by atoms with Crippen LogP contribution in [-0.4, -0.2) is 55.1 Å². The molecule has 4 rings (SSSR count). The van der Waals surface area contributed by atoms with E-state index in [0.29, 0.717) is 12.1 Å². The first-order valence-electron chi connectivity index (χ1n) is 9.88. The Morgan fingerprint density at radius 1 is 1.17 bits per heavy atom. The molecule has 0 unspecified atom stereocenters. The number of carbonyl (C=O) groups excluding carboxylic acids is 1. The number of anilines is 1. The zero-order chi connectivity index (χ0) is 20.4. The third-order valence-electron chi connectivity index (χ3n) is 5.25. The van der Waals surface area contributed by atoms with Crippen LogP contribution >= 0.6 is 11.3 Å². The first-order chi connectivity index (χ1) is 14.0. The van der Waals surface area contributed by atoms with Gasteiger partial charge in [0, 0.05) is 44.8 Å². The van der Waals surface area contributed by atoms with Gasteiger partial charge in [0.25, 0.3) is 5.91 Å². The summed E-state index contributed by atoms with van der Waals surface area (Å²) >= 11 is 1.77. The molecule has 29 heavy (non-hydrogen) atoms. The number of aryl methyl sites for hydroxylation is 2. The van der Waals surface area contributed by atoms with Crippen LogP contribution in [0.1, 0.15) is 21.5 Å². The molecule has 0 radical (unpaired) electrons. The third-order valence-corrected chi connectivity index (χ3v) is 6.52. The summed E-state index contributed by atoms with van der Waals surface area (Å²) in [6.07, 6.45) is 0. The van der Waals surface area contributed by atoms with E-state index in [1.807, 2.05) is 0 Å². The van der Waals surface area contributed by atoms with Crippen molar-refractivity contribution in [3.05, 3.63) is 58.9 Å². The number of fused-ring (bicyclic) bond motifs is 1. The number of hydrogen-bond acceptors (Lipinski definition) is 5. The third kappa shape index (κ3) is 4.57. The molecule has 5 nitrogen and oxygen atoms in total. The van der Waals surface area contributed by atoms with Crippen molar-refractivity contribution in [3.63, 3.8) is 0 Å². The van der Waals surface area contributed by atoms with E-state index in [4.69, 9.17) is 4.98 Å². The van der Waals surface area contributed by atoms with Crippen LogP contribution < -0.4 is 10.2 Å². The molecule has 0 aliphatic carbocycles. The number of benzene rings is 2. The molecule has 1 saturated heterocycles. The number of aromatic nitrogens is 1. The maximum Gasteiger partial charge on any atom is 0.251 e. The maximum atomic E-state index is 13.2. The van der Waals surface area contributed by atoms with E-state index in [1.165, 1.54) is 28.0 Å². The van der Waals surface area contributed by atoms with E-state index in [0.717, 1.165) is 43.4 Å². The molecule has 1 fully saturated rings. The van der Waals surface area contributed by atoms with Crippen LogP contribution in [0.4, 0.5) is 9.52 Å². The van der Waals surface area contributed by atoms with E-state index in [-0.39, 0.29) is 5.91 Å². The highest BCUT2D eigenvalue weighted by molar-refractivity contribution is 7.22. The fourth-order valence-corrected chi connectivity index (χ4v) is 4.79. The summed E-state index contributed by atoms with van der Waals surface area (Å²) in [5, 5.41) is 3.96. The van der Waals surface area contributed by atoms with Crippen molar-refractivity contribution in [3.8, 4) is 0 Å². The average molecular weight is 413 g/mol. The largest absolute Gasteiger partial charge is 0.351 e. The van der Waals surface area contributed by atoms with E-state index in [9.17, 15) is 9.18 Å². The van der Waals surface area contributed by atoms with Gasteiger partial charge in [-0.05, 0) is 49.2 Å². The second-order valence-electron chi connectivity index (χ2n) is 7.52. The van der Waals surface area contributed by atoms with Crippen molar-refractivity contribution in [2.24, 2.45) is 0 Å². The molecule has 3 aromatic rings. The molecular formula is C22H25FN4OS. The van der Waals surface area contributed by atoms with Gasteiger partial charge in [0.2, 0.25) is 0 Å². The van der Waals surface area contributed by atoms with Gasteiger partial charge in [0.05, 0.1) is 10.2 Å². The van der Waals surface area contributed by atoms with Crippen LogP contribution in [0.2, 0.25) is 0 Å². The van der Waals surface area contributed by atoms with Gasteiger partial charge >= 0.3 is 0 Å². The summed E-state index contributed by atoms with van der Waals surface area (Å²) in [6.45, 7) is 9.31. The molecule has 1 amide bonds. The standard InChI is InChI=1S/C22H25FN4OS/c1-15-12-16(2)20-19(13-15)25-22(29-20)27-10-8-26(9-11-27)7-6-24-21(28)17-4-3-5-18(23)14-17/h3-5,12-14H,6-11H2,1-2H3,(H,24,28). The van der Waals surface area contributed by atoms with Crippen LogP contribution in [0.3, 0.4) is 0 Å². The van der Waals surface area contributed by atoms with Gasteiger partial charge in [-0.1, -0.05) is 23.5 Å². The number of halogens is 1. The highest BCUT2D eigenvalue weighted by Gasteiger charge is 2.20. The normalized spacial score (nSPS) is 15.1. The summed E-state index contributed by atoms with van der Waals surface area (Å²) in [5.41, 5.74) is 3.98. The van der Waals surface area contributed by atoms with Gasteiger partial charge in [-0.15, -0.1) is 0 Å². The summed E-state index contributed by atoms with van der Waals surface area (Å²) in [5.74, 6) is -0.628. The van der Waals surface area contributed by atoms with E-state index >= 15 is 0 Å². The highest BCUT2D eigenvalue weighted by Crippen LogP contribution is 2.32. The molecule has 1 aliphatic rings. The van der Waals surface area contributed by atoms with Crippen molar-refractivity contribution in [2.75, 3.05) is 44.2 Å². The SMILES string of the molecule is Cc1cc(C)c2sc(N3CCN(CCNC(=O)c4cccc(F)c4)CC3)nc2c1. The Kier molecular flexibility index (Phi) is 5.78. The lowest BCUT2D eigenvalue weighted by Gasteiger charge is -2.34. The number of rotatable bonds is 5. The number of thiazole rings is 1. The van der Waals surface area contributed by atoms with Crippen LogP contribution in [0.15, 0.2) is 36.4 Å². The summed E-state index contributed by atoms with van der Waals surface area (Å²) in [4.78, 5) is 21.6. The van der Waals surface area contributed by atoms with Gasteiger partial charge in [0.15, 0.2) is 5.13 Å². The minimum absolute atomic E-state index is 0.233. The first-order valence-corrected chi connectivity index (χ1v) is 10.7. The van der Waals surface area contributed by atoms with Crippen molar-refractivity contribution in [2.45, 2.75) is 13.8 Å². The minimum atomic E-state index is -0.394. The molecule has 1 N–H and O–H groups in total. The molecule has 0 bridgehead atoms. The topological polar surface area (TPSA) is 48.5 Å². The number of nitrogens with one attached hydrogen (secondary N) is 1. The van der Waals surface area contributed by atoms with Gasteiger partial charge in [-0.2, -0.15) is 0 Å². The molecule has 1 aromatic heterocycles. The van der Waals surface area contributed by atoms with Gasteiger partial charge < -0.3 is 10.2 Å². The van der Waals surface area contributed by atoms with Gasteiger partial charge in [-0.25, -0.2) is 9.37 Å². The van der Waals surface area contributed by atoms with Crippen molar-refractivity contribution >= 4 is 32.6 Å². The van der Waals surface area contributed by atoms with E-state index in [2.05, 4.69) is 41.1 Å². The smallest absolute Gasteiger partial charge is 0.251 e. The monoisotopic (exact) mass is 412 g/mol. The second kappa shape index (κ2) is 8.47. The molecule has 0 saturated carbocycles. The minimum Gasteiger partial charge on any atom is -0.351 e. The molecule has 2 aromatic carbocycles. The lowest BCUT2D eigenvalue weighted by molar-refractivity contribution is 0.0947. The molecule has 0 atom stereocenters. The van der Waals surface area contributed by atoms with Crippen LogP contribution in [-0.2, 0) is 0 Å². The zero-order valence-electron chi connectivity index (χ0n) is 16.7. The summed E-state index contributed by atoms with van der Waals surface area (Å²) in [6, 6.07) is 10.1. The predicted molar refractivity (Wildman–Crippen MR) is 116 cm³/mol. The number of piperazine rings is 1. The van der Waals surface area contributed by atoms with Crippen molar-refractivity contribution < 1.29 is 9.18 Å². The lowest BCUT2D eigenvalue weighted by Crippen LogP contribution is -2.48. The highest BCUT2D eigenvalue weighted by atomic mass is 32.1. The number of amides is 1. The van der Waals surface area contributed by atoms with E-state index in [1.54, 1.807) is 23.5 Å². The number of nitrogens with zero attached hydrogens (tertiary/aromatic N) is 3. The lowest BCUT2D eigenvalue weighted by atomic mass is 10.1. The van der Waals surface area contributed by atoms with Gasteiger partial charge in [-0.3, -0.25) is 9.69 Å². The molecule has 7 heteroatoms. The Labute approximate surface area is 174 Å². The van der Waals surface area contributed by atoms with Crippen LogP contribution in [0.25, 0.3) is 10.2 Å². The first kappa shape index (κ1) is 19.8. The van der Waals surface area contributed by atoms with E-state index < -0.39 is 5.82 Å². The molecule has 152 valence electrons. The number of hydrogen-bond donors (Lipinski definition) is 1. The fraction of sp³-hybridized carbons (Fsp3) is 0.364.